The molecule has 1 saturated heterocycles. The second-order valence-corrected chi connectivity index (χ2v) is 6.91. The van der Waals surface area contributed by atoms with Gasteiger partial charge in [0.2, 0.25) is 0 Å². The Morgan fingerprint density at radius 2 is 1.86 bits per heavy atom. The van der Waals surface area contributed by atoms with Gasteiger partial charge in [0, 0.05) is 19.1 Å². The maximum atomic E-state index is 4.67. The van der Waals surface area contributed by atoms with Gasteiger partial charge in [0.05, 0.1) is 11.9 Å². The molecule has 2 atom stereocenters. The van der Waals surface area contributed by atoms with Crippen molar-refractivity contribution in [1.29, 1.82) is 0 Å². The zero-order chi connectivity index (χ0) is 14.5. The van der Waals surface area contributed by atoms with Crippen LogP contribution in [0.25, 0.3) is 0 Å². The number of rotatable bonds is 3. The molecule has 0 amide bonds. The van der Waals surface area contributed by atoms with Gasteiger partial charge in [0.15, 0.2) is 0 Å². The molecule has 3 heteroatoms. The van der Waals surface area contributed by atoms with Crippen molar-refractivity contribution in [2.75, 3.05) is 23.3 Å². The molecule has 2 unspecified atom stereocenters. The second-order valence-electron chi connectivity index (χ2n) is 6.91. The van der Waals surface area contributed by atoms with E-state index in [0.29, 0.717) is 6.04 Å². The standard InChI is InChI=1S/C18H29N3/c1-15-6-5-7-16(9-8-15)20-17-10-11-18(19-14-17)21-12-3-2-4-13-21/h10-11,14-16,20H,2-9,12-13H2,1H3. The zero-order valence-electron chi connectivity index (χ0n) is 13.4. The molecule has 0 bridgehead atoms. The van der Waals surface area contributed by atoms with Crippen molar-refractivity contribution < 1.29 is 0 Å². The number of nitrogens with one attached hydrogen (secondary N) is 1. The normalized spacial score (nSPS) is 27.2. The van der Waals surface area contributed by atoms with Gasteiger partial charge in [-0.05, 0) is 56.6 Å². The molecule has 1 N–H and O–H groups in total. The first kappa shape index (κ1) is 14.7. The van der Waals surface area contributed by atoms with Crippen LogP contribution in [-0.2, 0) is 0 Å². The van der Waals surface area contributed by atoms with E-state index in [-0.39, 0.29) is 0 Å². The third kappa shape index (κ3) is 4.12. The molecule has 1 aromatic rings. The quantitative estimate of drug-likeness (QED) is 0.832. The predicted octanol–water partition coefficient (Wildman–Crippen LogP) is 4.45. The van der Waals surface area contributed by atoms with E-state index in [1.54, 1.807) is 0 Å². The third-order valence-corrected chi connectivity index (χ3v) is 5.06. The fourth-order valence-electron chi connectivity index (χ4n) is 3.65. The summed E-state index contributed by atoms with van der Waals surface area (Å²) in [5.74, 6) is 2.05. The molecule has 2 heterocycles. The van der Waals surface area contributed by atoms with Crippen LogP contribution >= 0.6 is 0 Å². The maximum Gasteiger partial charge on any atom is 0.128 e. The van der Waals surface area contributed by atoms with E-state index in [9.17, 15) is 0 Å². The number of nitrogens with zero attached hydrogens (tertiary/aromatic N) is 2. The van der Waals surface area contributed by atoms with Gasteiger partial charge in [-0.1, -0.05) is 19.8 Å². The molecule has 21 heavy (non-hydrogen) atoms. The van der Waals surface area contributed by atoms with Gasteiger partial charge in [-0.15, -0.1) is 0 Å². The Morgan fingerprint density at radius 3 is 2.62 bits per heavy atom. The number of pyridine rings is 1. The SMILES string of the molecule is CC1CCCC(Nc2ccc(N3CCCCC3)nc2)CC1. The van der Waals surface area contributed by atoms with Crippen LogP contribution in [-0.4, -0.2) is 24.1 Å². The van der Waals surface area contributed by atoms with E-state index in [4.69, 9.17) is 0 Å². The number of piperidine rings is 1. The van der Waals surface area contributed by atoms with Crippen LogP contribution < -0.4 is 10.2 Å². The van der Waals surface area contributed by atoms with Gasteiger partial charge in [0.1, 0.15) is 5.82 Å². The molecule has 0 radical (unpaired) electrons. The minimum absolute atomic E-state index is 0.637. The lowest BCUT2D eigenvalue weighted by atomic mass is 10.0. The molecule has 0 spiro atoms. The summed E-state index contributed by atoms with van der Waals surface area (Å²) in [7, 11) is 0. The van der Waals surface area contributed by atoms with E-state index in [1.165, 1.54) is 70.1 Å². The lowest BCUT2D eigenvalue weighted by Gasteiger charge is -2.28. The summed E-state index contributed by atoms with van der Waals surface area (Å²) in [6.07, 6.45) is 12.7. The van der Waals surface area contributed by atoms with Crippen LogP contribution in [0.1, 0.15) is 58.3 Å². The van der Waals surface area contributed by atoms with Crippen molar-refractivity contribution in [1.82, 2.24) is 4.98 Å². The minimum atomic E-state index is 0.637. The Labute approximate surface area is 129 Å². The average Bonchev–Trinajstić information content (AvgIpc) is 2.74. The summed E-state index contributed by atoms with van der Waals surface area (Å²) in [6, 6.07) is 5.04. The Kier molecular flexibility index (Phi) is 5.00. The van der Waals surface area contributed by atoms with Crippen LogP contribution in [0.3, 0.4) is 0 Å². The maximum absolute atomic E-state index is 4.67. The highest BCUT2D eigenvalue weighted by Gasteiger charge is 2.16. The highest BCUT2D eigenvalue weighted by atomic mass is 15.2. The molecular formula is C18H29N3. The van der Waals surface area contributed by atoms with Crippen molar-refractivity contribution in [3.8, 4) is 0 Å². The number of anilines is 2. The highest BCUT2D eigenvalue weighted by molar-refractivity contribution is 5.49. The smallest absolute Gasteiger partial charge is 0.128 e. The third-order valence-electron chi connectivity index (χ3n) is 5.06. The van der Waals surface area contributed by atoms with Gasteiger partial charge >= 0.3 is 0 Å². The molecular weight excluding hydrogens is 258 g/mol. The van der Waals surface area contributed by atoms with Crippen LogP contribution in [0.5, 0.6) is 0 Å². The number of aromatic nitrogens is 1. The molecule has 1 aliphatic carbocycles. The van der Waals surface area contributed by atoms with Crippen molar-refractivity contribution in [2.24, 2.45) is 5.92 Å². The molecule has 116 valence electrons. The zero-order valence-corrected chi connectivity index (χ0v) is 13.4. The summed E-state index contributed by atoms with van der Waals surface area (Å²) < 4.78 is 0. The van der Waals surface area contributed by atoms with Crippen molar-refractivity contribution in [3.05, 3.63) is 18.3 Å². The molecule has 0 aromatic carbocycles. The van der Waals surface area contributed by atoms with Gasteiger partial charge < -0.3 is 10.2 Å². The fourth-order valence-corrected chi connectivity index (χ4v) is 3.65. The van der Waals surface area contributed by atoms with Gasteiger partial charge in [-0.2, -0.15) is 0 Å². The summed E-state index contributed by atoms with van der Waals surface area (Å²) >= 11 is 0. The number of hydrogen-bond acceptors (Lipinski definition) is 3. The van der Waals surface area contributed by atoms with Crippen LogP contribution in [0.15, 0.2) is 18.3 Å². The molecule has 1 saturated carbocycles. The van der Waals surface area contributed by atoms with Crippen molar-refractivity contribution in [2.45, 2.75) is 64.3 Å². The molecule has 3 rings (SSSR count). The monoisotopic (exact) mass is 287 g/mol. The average molecular weight is 287 g/mol. The first-order chi connectivity index (χ1) is 10.3. The largest absolute Gasteiger partial charge is 0.381 e. The molecule has 1 aromatic heterocycles. The van der Waals surface area contributed by atoms with Gasteiger partial charge in [-0.3, -0.25) is 0 Å². The summed E-state index contributed by atoms with van der Waals surface area (Å²) in [5, 5.41) is 3.69. The van der Waals surface area contributed by atoms with Gasteiger partial charge in [0.25, 0.3) is 0 Å². The van der Waals surface area contributed by atoms with E-state index in [1.807, 2.05) is 6.20 Å². The topological polar surface area (TPSA) is 28.2 Å². The van der Waals surface area contributed by atoms with Crippen molar-refractivity contribution in [3.63, 3.8) is 0 Å². The van der Waals surface area contributed by atoms with E-state index < -0.39 is 0 Å². The van der Waals surface area contributed by atoms with Crippen LogP contribution in [0, 0.1) is 5.92 Å². The Hall–Kier alpha value is -1.25. The fraction of sp³-hybridized carbons (Fsp3) is 0.722. The predicted molar refractivity (Wildman–Crippen MR) is 90.0 cm³/mol. The minimum Gasteiger partial charge on any atom is -0.381 e. The van der Waals surface area contributed by atoms with E-state index >= 15 is 0 Å². The molecule has 2 aliphatic rings. The Balaban J connectivity index is 1.56. The first-order valence-corrected chi connectivity index (χ1v) is 8.79. The summed E-state index contributed by atoms with van der Waals surface area (Å²) in [4.78, 5) is 7.09. The number of hydrogen-bond donors (Lipinski definition) is 1. The Morgan fingerprint density at radius 1 is 1.00 bits per heavy atom. The Bertz CT molecular complexity index is 423. The van der Waals surface area contributed by atoms with Crippen LogP contribution in [0.4, 0.5) is 11.5 Å². The highest BCUT2D eigenvalue weighted by Crippen LogP contribution is 2.25. The second kappa shape index (κ2) is 7.15. The van der Waals surface area contributed by atoms with Gasteiger partial charge in [-0.25, -0.2) is 4.98 Å². The van der Waals surface area contributed by atoms with Crippen LogP contribution in [0.2, 0.25) is 0 Å². The molecule has 2 fully saturated rings. The lowest BCUT2D eigenvalue weighted by molar-refractivity contribution is 0.502. The first-order valence-electron chi connectivity index (χ1n) is 8.79. The summed E-state index contributed by atoms with van der Waals surface area (Å²) in [5.41, 5.74) is 1.19. The van der Waals surface area contributed by atoms with Crippen molar-refractivity contribution >= 4 is 11.5 Å². The summed E-state index contributed by atoms with van der Waals surface area (Å²) in [6.45, 7) is 4.72. The van der Waals surface area contributed by atoms with E-state index in [2.05, 4.69) is 34.3 Å². The molecule has 1 aliphatic heterocycles. The lowest BCUT2D eigenvalue weighted by Crippen LogP contribution is -2.30. The molecule has 3 nitrogen and oxygen atoms in total. The van der Waals surface area contributed by atoms with E-state index in [0.717, 1.165) is 11.7 Å².